The first-order chi connectivity index (χ1) is 5.73. The molecule has 1 aromatic carbocycles. The molecule has 0 spiro atoms. The van der Waals surface area contributed by atoms with Gasteiger partial charge in [0.25, 0.3) is 0 Å². The Morgan fingerprint density at radius 1 is 1.33 bits per heavy atom. The van der Waals surface area contributed by atoms with Crippen molar-refractivity contribution >= 4 is 0 Å². The number of benzene rings is 1. The van der Waals surface area contributed by atoms with E-state index in [-0.39, 0.29) is 0 Å². The minimum absolute atomic E-state index is 0.465. The number of terminal acetylenes is 1. The van der Waals surface area contributed by atoms with Crippen LogP contribution < -0.4 is 0 Å². The second-order valence-electron chi connectivity index (χ2n) is 2.53. The zero-order valence-corrected chi connectivity index (χ0v) is 6.57. The molecule has 0 heterocycles. The normalized spacial score (nSPS) is 14.8. The van der Waals surface area contributed by atoms with Gasteiger partial charge in [0.2, 0.25) is 0 Å². The fourth-order valence-electron chi connectivity index (χ4n) is 0.934. The van der Waals surface area contributed by atoms with Crippen LogP contribution in [0.15, 0.2) is 30.3 Å². The molecule has 2 heteroatoms. The van der Waals surface area contributed by atoms with Gasteiger partial charge in [0.1, 0.15) is 0 Å². The Morgan fingerprint density at radius 3 is 2.33 bits per heavy atom. The van der Waals surface area contributed by atoms with E-state index in [1.807, 2.05) is 6.07 Å². The summed E-state index contributed by atoms with van der Waals surface area (Å²) in [6.45, 7) is -0.465. The molecule has 1 rings (SSSR count). The lowest BCUT2D eigenvalue weighted by molar-refractivity contribution is 0.0331. The van der Waals surface area contributed by atoms with Gasteiger partial charge in [0.15, 0.2) is 5.60 Å². The van der Waals surface area contributed by atoms with Crippen molar-refractivity contribution in [2.75, 3.05) is 6.61 Å². The fourth-order valence-corrected chi connectivity index (χ4v) is 0.934. The lowest BCUT2D eigenvalue weighted by Gasteiger charge is -2.19. The summed E-state index contributed by atoms with van der Waals surface area (Å²) < 4.78 is 0. The van der Waals surface area contributed by atoms with E-state index in [0.29, 0.717) is 5.56 Å². The lowest BCUT2D eigenvalue weighted by atomic mass is 9.96. The van der Waals surface area contributed by atoms with E-state index < -0.39 is 12.2 Å². The van der Waals surface area contributed by atoms with Crippen LogP contribution in [0, 0.1) is 12.3 Å². The average molecular weight is 162 g/mol. The van der Waals surface area contributed by atoms with Crippen molar-refractivity contribution in [1.29, 1.82) is 0 Å². The van der Waals surface area contributed by atoms with E-state index in [0.717, 1.165) is 0 Å². The van der Waals surface area contributed by atoms with Crippen LogP contribution in [0.4, 0.5) is 0 Å². The Balaban J connectivity index is 3.06. The SMILES string of the molecule is C#C[C@](O)(CO)c1ccccc1. The molecule has 0 fully saturated rings. The summed E-state index contributed by atoms with van der Waals surface area (Å²) in [6, 6.07) is 8.69. The van der Waals surface area contributed by atoms with E-state index in [2.05, 4.69) is 5.92 Å². The number of aliphatic hydroxyl groups is 2. The van der Waals surface area contributed by atoms with Gasteiger partial charge in [-0.15, -0.1) is 6.42 Å². The maximum absolute atomic E-state index is 9.61. The van der Waals surface area contributed by atoms with Gasteiger partial charge in [-0.05, 0) is 5.56 Å². The van der Waals surface area contributed by atoms with Gasteiger partial charge in [0.05, 0.1) is 6.61 Å². The van der Waals surface area contributed by atoms with Crippen molar-refractivity contribution < 1.29 is 10.2 Å². The highest BCUT2D eigenvalue weighted by molar-refractivity contribution is 5.30. The molecule has 0 aromatic heterocycles. The molecule has 0 aliphatic carbocycles. The molecule has 0 aliphatic rings. The zero-order chi connectivity index (χ0) is 9.03. The van der Waals surface area contributed by atoms with Crippen LogP contribution in [0.5, 0.6) is 0 Å². The van der Waals surface area contributed by atoms with Crippen molar-refractivity contribution in [3.63, 3.8) is 0 Å². The molecule has 1 atom stereocenters. The minimum Gasteiger partial charge on any atom is -0.392 e. The number of aliphatic hydroxyl groups excluding tert-OH is 1. The molecule has 0 radical (unpaired) electrons. The summed E-state index contributed by atoms with van der Waals surface area (Å²) in [4.78, 5) is 0. The lowest BCUT2D eigenvalue weighted by Crippen LogP contribution is -2.27. The van der Waals surface area contributed by atoms with Gasteiger partial charge in [-0.3, -0.25) is 0 Å². The quantitative estimate of drug-likeness (QED) is 0.622. The molecular formula is C10H10O2. The Kier molecular flexibility index (Phi) is 2.49. The maximum Gasteiger partial charge on any atom is 0.173 e. The monoisotopic (exact) mass is 162 g/mol. The van der Waals surface area contributed by atoms with Gasteiger partial charge in [0, 0.05) is 0 Å². The van der Waals surface area contributed by atoms with Gasteiger partial charge >= 0.3 is 0 Å². The maximum atomic E-state index is 9.61. The second kappa shape index (κ2) is 3.40. The summed E-state index contributed by atoms with van der Waals surface area (Å²) in [5, 5.41) is 18.5. The van der Waals surface area contributed by atoms with Crippen LogP contribution in [0.2, 0.25) is 0 Å². The van der Waals surface area contributed by atoms with Crippen molar-refractivity contribution in [3.8, 4) is 12.3 Å². The minimum atomic E-state index is -1.54. The molecule has 0 amide bonds. The fraction of sp³-hybridized carbons (Fsp3) is 0.200. The summed E-state index contributed by atoms with van der Waals surface area (Å²) in [7, 11) is 0. The highest BCUT2D eigenvalue weighted by Crippen LogP contribution is 2.18. The molecule has 0 saturated carbocycles. The van der Waals surface area contributed by atoms with E-state index >= 15 is 0 Å². The molecule has 1 aromatic rings. The van der Waals surface area contributed by atoms with Gasteiger partial charge in [-0.2, -0.15) is 0 Å². The van der Waals surface area contributed by atoms with E-state index in [4.69, 9.17) is 11.5 Å². The van der Waals surface area contributed by atoms with Gasteiger partial charge in [-0.1, -0.05) is 36.3 Å². The molecule has 12 heavy (non-hydrogen) atoms. The second-order valence-corrected chi connectivity index (χ2v) is 2.53. The molecule has 2 N–H and O–H groups in total. The number of hydrogen-bond donors (Lipinski definition) is 2. The Labute approximate surface area is 71.5 Å². The van der Waals surface area contributed by atoms with Gasteiger partial charge < -0.3 is 10.2 Å². The van der Waals surface area contributed by atoms with E-state index in [1.54, 1.807) is 24.3 Å². The van der Waals surface area contributed by atoms with Gasteiger partial charge in [-0.25, -0.2) is 0 Å². The Hall–Kier alpha value is -1.30. The van der Waals surface area contributed by atoms with Crippen LogP contribution in [0.3, 0.4) is 0 Å². The molecule has 0 saturated heterocycles. The third kappa shape index (κ3) is 1.48. The standard InChI is InChI=1S/C10H10O2/c1-2-10(12,8-11)9-6-4-3-5-7-9/h1,3-7,11-12H,8H2/t10-/m0/s1. The topological polar surface area (TPSA) is 40.5 Å². The Bertz CT molecular complexity index is 286. The van der Waals surface area contributed by atoms with Crippen molar-refractivity contribution in [1.82, 2.24) is 0 Å². The van der Waals surface area contributed by atoms with Crippen LogP contribution in [0.25, 0.3) is 0 Å². The van der Waals surface area contributed by atoms with Crippen LogP contribution in [-0.4, -0.2) is 16.8 Å². The third-order valence-electron chi connectivity index (χ3n) is 1.72. The molecule has 2 nitrogen and oxygen atoms in total. The highest BCUT2D eigenvalue weighted by atomic mass is 16.3. The largest absolute Gasteiger partial charge is 0.392 e. The first kappa shape index (κ1) is 8.79. The first-order valence-corrected chi connectivity index (χ1v) is 3.59. The predicted octanol–water partition coefficient (Wildman–Crippen LogP) is 0.500. The average Bonchev–Trinajstić information content (AvgIpc) is 2.18. The zero-order valence-electron chi connectivity index (χ0n) is 6.57. The molecular weight excluding hydrogens is 152 g/mol. The summed E-state index contributed by atoms with van der Waals surface area (Å²) in [6.07, 6.45) is 5.09. The number of hydrogen-bond acceptors (Lipinski definition) is 2. The molecule has 0 bridgehead atoms. The molecule has 0 unspecified atom stereocenters. The van der Waals surface area contributed by atoms with Crippen LogP contribution in [-0.2, 0) is 5.60 Å². The smallest absolute Gasteiger partial charge is 0.173 e. The summed E-state index contributed by atoms with van der Waals surface area (Å²) in [5.41, 5.74) is -1.00. The van der Waals surface area contributed by atoms with Crippen molar-refractivity contribution in [2.24, 2.45) is 0 Å². The van der Waals surface area contributed by atoms with E-state index in [9.17, 15) is 5.11 Å². The number of rotatable bonds is 2. The van der Waals surface area contributed by atoms with Crippen molar-refractivity contribution in [3.05, 3.63) is 35.9 Å². The Morgan fingerprint density at radius 2 is 1.92 bits per heavy atom. The predicted molar refractivity (Wildman–Crippen MR) is 46.3 cm³/mol. The van der Waals surface area contributed by atoms with Crippen LogP contribution >= 0.6 is 0 Å². The summed E-state index contributed by atoms with van der Waals surface area (Å²) >= 11 is 0. The molecule has 62 valence electrons. The molecule has 0 aliphatic heterocycles. The third-order valence-corrected chi connectivity index (χ3v) is 1.72. The highest BCUT2D eigenvalue weighted by Gasteiger charge is 2.24. The first-order valence-electron chi connectivity index (χ1n) is 3.59. The summed E-state index contributed by atoms with van der Waals surface area (Å²) in [5.74, 6) is 2.15. The van der Waals surface area contributed by atoms with E-state index in [1.165, 1.54) is 0 Å². The van der Waals surface area contributed by atoms with Crippen LogP contribution in [0.1, 0.15) is 5.56 Å². The van der Waals surface area contributed by atoms with Crippen molar-refractivity contribution in [2.45, 2.75) is 5.60 Å².